The first kappa shape index (κ1) is 10.8. The smallest absolute Gasteiger partial charge is 0.221 e. The summed E-state index contributed by atoms with van der Waals surface area (Å²) < 4.78 is 0. The van der Waals surface area contributed by atoms with Crippen molar-refractivity contribution in [3.63, 3.8) is 0 Å². The Kier molecular flexibility index (Phi) is 2.63. The van der Waals surface area contributed by atoms with E-state index in [1.807, 2.05) is 13.1 Å². The molecule has 1 saturated heterocycles. The molecule has 0 aromatic carbocycles. The maximum absolute atomic E-state index is 5.66. The maximum atomic E-state index is 5.66. The molecule has 17 heavy (non-hydrogen) atoms. The fourth-order valence-corrected chi connectivity index (χ4v) is 2.50. The summed E-state index contributed by atoms with van der Waals surface area (Å²) in [6.07, 6.45) is 4.59. The van der Waals surface area contributed by atoms with Gasteiger partial charge in [0.15, 0.2) is 0 Å². The van der Waals surface area contributed by atoms with Crippen LogP contribution in [0.15, 0.2) is 6.20 Å². The van der Waals surface area contributed by atoms with Crippen LogP contribution >= 0.6 is 0 Å². The molecule has 2 N–H and O–H groups in total. The Bertz CT molecular complexity index is 407. The van der Waals surface area contributed by atoms with Gasteiger partial charge in [0.1, 0.15) is 5.82 Å². The van der Waals surface area contributed by atoms with Crippen LogP contribution in [0.2, 0.25) is 0 Å². The Hall–Kier alpha value is -1.36. The third-order valence-corrected chi connectivity index (χ3v) is 3.64. The van der Waals surface area contributed by atoms with E-state index >= 15 is 0 Å². The normalized spacial score (nSPS) is 21.8. The first-order chi connectivity index (χ1) is 8.24. The van der Waals surface area contributed by atoms with Crippen molar-refractivity contribution in [1.82, 2.24) is 14.9 Å². The minimum atomic E-state index is 0.371. The van der Waals surface area contributed by atoms with Crippen molar-refractivity contribution in [3.8, 4) is 0 Å². The van der Waals surface area contributed by atoms with Crippen LogP contribution in [0, 0.1) is 6.92 Å². The summed E-state index contributed by atoms with van der Waals surface area (Å²) in [7, 11) is 0. The van der Waals surface area contributed by atoms with Crippen molar-refractivity contribution in [2.24, 2.45) is 0 Å². The molecule has 2 fully saturated rings. The monoisotopic (exact) mass is 233 g/mol. The van der Waals surface area contributed by atoms with Gasteiger partial charge in [-0.05, 0) is 19.8 Å². The summed E-state index contributed by atoms with van der Waals surface area (Å²) in [6.45, 7) is 6.44. The number of hydrogen-bond acceptors (Lipinski definition) is 5. The molecule has 5 heteroatoms. The Labute approximate surface area is 102 Å². The summed E-state index contributed by atoms with van der Waals surface area (Å²) in [6, 6.07) is 0.869. The number of rotatable bonds is 2. The van der Waals surface area contributed by atoms with Gasteiger partial charge in [-0.25, -0.2) is 4.98 Å². The van der Waals surface area contributed by atoms with Crippen LogP contribution < -0.4 is 10.6 Å². The van der Waals surface area contributed by atoms with E-state index in [-0.39, 0.29) is 0 Å². The molecule has 0 radical (unpaired) electrons. The van der Waals surface area contributed by atoms with Crippen LogP contribution in [-0.2, 0) is 0 Å². The minimum absolute atomic E-state index is 0.371. The van der Waals surface area contributed by atoms with Crippen LogP contribution in [-0.4, -0.2) is 47.1 Å². The molecular weight excluding hydrogens is 214 g/mol. The number of piperazine rings is 1. The summed E-state index contributed by atoms with van der Waals surface area (Å²) in [5.41, 5.74) is 6.77. The van der Waals surface area contributed by atoms with Crippen molar-refractivity contribution in [1.29, 1.82) is 0 Å². The van der Waals surface area contributed by atoms with Crippen LogP contribution in [0.1, 0.15) is 18.4 Å². The predicted octanol–water partition coefficient (Wildman–Crippen LogP) is 0.652. The number of nitrogen functional groups attached to an aromatic ring is 1. The Morgan fingerprint density at radius 1 is 1.24 bits per heavy atom. The van der Waals surface area contributed by atoms with Crippen LogP contribution in [0.25, 0.3) is 0 Å². The average molecular weight is 233 g/mol. The van der Waals surface area contributed by atoms with E-state index in [1.165, 1.54) is 12.8 Å². The largest absolute Gasteiger partial charge is 0.368 e. The highest BCUT2D eigenvalue weighted by molar-refractivity contribution is 5.48. The van der Waals surface area contributed by atoms with E-state index in [4.69, 9.17) is 5.73 Å². The molecule has 3 rings (SSSR count). The highest BCUT2D eigenvalue weighted by atomic mass is 15.3. The number of aromatic nitrogens is 2. The summed E-state index contributed by atoms with van der Waals surface area (Å²) in [5.74, 6) is 1.38. The SMILES string of the molecule is Cc1cnc(N)nc1N1CCN(C2CC2)CC1. The third kappa shape index (κ3) is 2.20. The number of aryl methyl sites for hydroxylation is 1. The molecule has 1 saturated carbocycles. The lowest BCUT2D eigenvalue weighted by molar-refractivity contribution is 0.247. The average Bonchev–Trinajstić information content (AvgIpc) is 3.17. The second-order valence-corrected chi connectivity index (χ2v) is 4.99. The van der Waals surface area contributed by atoms with Crippen molar-refractivity contribution in [2.75, 3.05) is 36.8 Å². The Morgan fingerprint density at radius 3 is 2.59 bits per heavy atom. The molecule has 1 aromatic rings. The first-order valence-corrected chi connectivity index (χ1v) is 6.32. The lowest BCUT2D eigenvalue weighted by atomic mass is 10.2. The molecule has 92 valence electrons. The molecular formula is C12H19N5. The van der Waals surface area contributed by atoms with Crippen LogP contribution in [0.3, 0.4) is 0 Å². The van der Waals surface area contributed by atoms with Gasteiger partial charge >= 0.3 is 0 Å². The molecule has 0 atom stereocenters. The zero-order chi connectivity index (χ0) is 11.8. The van der Waals surface area contributed by atoms with Gasteiger partial charge in [-0.3, -0.25) is 4.90 Å². The van der Waals surface area contributed by atoms with E-state index in [0.29, 0.717) is 5.95 Å². The standard InChI is InChI=1S/C12H19N5/c1-9-8-14-12(13)15-11(9)17-6-4-16(5-7-17)10-2-3-10/h8,10H,2-7H2,1H3,(H2,13,14,15). The molecule has 0 unspecified atom stereocenters. The highest BCUT2D eigenvalue weighted by Crippen LogP contribution is 2.28. The number of anilines is 2. The topological polar surface area (TPSA) is 58.3 Å². The Morgan fingerprint density at radius 2 is 1.94 bits per heavy atom. The number of nitrogens with two attached hydrogens (primary N) is 1. The predicted molar refractivity (Wildman–Crippen MR) is 68.0 cm³/mol. The van der Waals surface area contributed by atoms with Crippen LogP contribution in [0.5, 0.6) is 0 Å². The molecule has 2 heterocycles. The molecule has 0 spiro atoms. The van der Waals surface area contributed by atoms with Gasteiger partial charge < -0.3 is 10.6 Å². The molecule has 1 aliphatic heterocycles. The molecule has 2 aliphatic rings. The highest BCUT2D eigenvalue weighted by Gasteiger charge is 2.31. The lowest BCUT2D eigenvalue weighted by Gasteiger charge is -2.36. The zero-order valence-electron chi connectivity index (χ0n) is 10.3. The minimum Gasteiger partial charge on any atom is -0.368 e. The van der Waals surface area contributed by atoms with Crippen molar-refractivity contribution in [3.05, 3.63) is 11.8 Å². The number of hydrogen-bond donors (Lipinski definition) is 1. The van der Waals surface area contributed by atoms with Gasteiger partial charge in [-0.1, -0.05) is 0 Å². The van der Waals surface area contributed by atoms with E-state index < -0.39 is 0 Å². The van der Waals surface area contributed by atoms with E-state index in [9.17, 15) is 0 Å². The number of nitrogens with zero attached hydrogens (tertiary/aromatic N) is 4. The van der Waals surface area contributed by atoms with E-state index in [2.05, 4.69) is 19.8 Å². The van der Waals surface area contributed by atoms with Crippen molar-refractivity contribution in [2.45, 2.75) is 25.8 Å². The van der Waals surface area contributed by atoms with Gasteiger partial charge in [0.05, 0.1) is 0 Å². The fourth-order valence-electron chi connectivity index (χ4n) is 2.50. The van der Waals surface area contributed by atoms with Gasteiger partial charge in [0.25, 0.3) is 0 Å². The molecule has 0 amide bonds. The molecule has 0 bridgehead atoms. The quantitative estimate of drug-likeness (QED) is 0.813. The van der Waals surface area contributed by atoms with E-state index in [1.54, 1.807) is 0 Å². The summed E-state index contributed by atoms with van der Waals surface area (Å²) >= 11 is 0. The Balaban J connectivity index is 1.70. The van der Waals surface area contributed by atoms with Gasteiger partial charge in [-0.15, -0.1) is 0 Å². The molecule has 1 aliphatic carbocycles. The fraction of sp³-hybridized carbons (Fsp3) is 0.667. The van der Waals surface area contributed by atoms with Crippen molar-refractivity contribution < 1.29 is 0 Å². The lowest BCUT2D eigenvalue weighted by Crippen LogP contribution is -2.47. The van der Waals surface area contributed by atoms with Crippen LogP contribution in [0.4, 0.5) is 11.8 Å². The zero-order valence-corrected chi connectivity index (χ0v) is 10.3. The van der Waals surface area contributed by atoms with Gasteiger partial charge in [0.2, 0.25) is 5.95 Å². The summed E-state index contributed by atoms with van der Waals surface area (Å²) in [5, 5.41) is 0. The van der Waals surface area contributed by atoms with E-state index in [0.717, 1.165) is 43.6 Å². The maximum Gasteiger partial charge on any atom is 0.221 e. The second-order valence-electron chi connectivity index (χ2n) is 4.99. The van der Waals surface area contributed by atoms with Gasteiger partial charge in [-0.2, -0.15) is 4.98 Å². The molecule has 1 aromatic heterocycles. The van der Waals surface area contributed by atoms with Gasteiger partial charge in [0, 0.05) is 44.0 Å². The summed E-state index contributed by atoms with van der Waals surface area (Å²) in [4.78, 5) is 13.3. The first-order valence-electron chi connectivity index (χ1n) is 6.32. The van der Waals surface area contributed by atoms with Crippen molar-refractivity contribution >= 4 is 11.8 Å². The third-order valence-electron chi connectivity index (χ3n) is 3.64. The molecule has 5 nitrogen and oxygen atoms in total. The second kappa shape index (κ2) is 4.14.